The molecule has 1 spiro atoms. The SMILES string of the molecule is C=C1C(=O)C23CCC1CC2C1(COC(C)=O)CCCC(C)(COC(=O)c2cccs2)C1CC3O. The number of ether oxygens (including phenoxy) is 2. The van der Waals surface area contributed by atoms with Crippen LogP contribution in [0.2, 0.25) is 0 Å². The van der Waals surface area contributed by atoms with E-state index in [9.17, 15) is 19.5 Å². The van der Waals surface area contributed by atoms with Crippen LogP contribution in [-0.4, -0.2) is 42.1 Å². The van der Waals surface area contributed by atoms with E-state index in [1.807, 2.05) is 11.4 Å². The standard InChI is InChI=1S/C27H34O6S/c1-16-18-7-10-27(23(16)30)21(12-18)26(15-32-17(2)28)9-5-8-25(3,20(26)13-22(27)29)14-33-24(31)19-6-4-11-34-19/h4,6,11,18,20-22,29H,1,5,7-10,12-15H2,2-3H3. The number of Topliss-reactive ketones (excluding diaryl/α,β-unsaturated/α-hetero) is 1. The second kappa shape index (κ2) is 8.30. The zero-order valence-corrected chi connectivity index (χ0v) is 20.8. The Morgan fingerprint density at radius 1 is 1.18 bits per heavy atom. The maximum atomic E-state index is 13.6. The summed E-state index contributed by atoms with van der Waals surface area (Å²) in [4.78, 5) is 38.7. The van der Waals surface area contributed by atoms with Gasteiger partial charge in [-0.2, -0.15) is 0 Å². The molecule has 1 N–H and O–H groups in total. The summed E-state index contributed by atoms with van der Waals surface area (Å²) in [6.45, 7) is 8.14. The van der Waals surface area contributed by atoms with Crippen LogP contribution >= 0.6 is 11.3 Å². The van der Waals surface area contributed by atoms with Gasteiger partial charge in [0.05, 0.1) is 24.7 Å². The number of ketones is 1. The van der Waals surface area contributed by atoms with Gasteiger partial charge >= 0.3 is 11.9 Å². The number of aliphatic hydroxyl groups is 1. The van der Waals surface area contributed by atoms with Gasteiger partial charge in [-0.1, -0.05) is 26.0 Å². The minimum atomic E-state index is -0.839. The number of carbonyl (C=O) groups excluding carboxylic acids is 3. The quantitative estimate of drug-likeness (QED) is 0.485. The third-order valence-corrected chi connectivity index (χ3v) is 10.6. The summed E-state index contributed by atoms with van der Waals surface area (Å²) in [5.41, 5.74) is -0.993. The van der Waals surface area contributed by atoms with Crippen molar-refractivity contribution in [1.29, 1.82) is 0 Å². The van der Waals surface area contributed by atoms with E-state index in [-0.39, 0.29) is 54.1 Å². The van der Waals surface area contributed by atoms with E-state index in [1.165, 1.54) is 18.3 Å². The zero-order chi connectivity index (χ0) is 24.3. The number of rotatable bonds is 5. The predicted molar refractivity (Wildman–Crippen MR) is 127 cm³/mol. The first-order valence-electron chi connectivity index (χ1n) is 12.4. The molecule has 5 aliphatic rings. The molecule has 0 aromatic carbocycles. The van der Waals surface area contributed by atoms with E-state index in [1.54, 1.807) is 6.07 Å². The number of allylic oxidation sites excluding steroid dienone is 1. The van der Waals surface area contributed by atoms with Crippen molar-refractivity contribution in [1.82, 2.24) is 0 Å². The topological polar surface area (TPSA) is 89.9 Å². The molecule has 34 heavy (non-hydrogen) atoms. The summed E-state index contributed by atoms with van der Waals surface area (Å²) in [6.07, 6.45) is 4.59. The molecule has 0 aliphatic heterocycles. The van der Waals surface area contributed by atoms with Crippen molar-refractivity contribution >= 4 is 29.1 Å². The molecule has 184 valence electrons. The minimum Gasteiger partial charge on any atom is -0.465 e. The van der Waals surface area contributed by atoms with Crippen LogP contribution in [0.5, 0.6) is 0 Å². The Hall–Kier alpha value is -1.99. The maximum Gasteiger partial charge on any atom is 0.348 e. The third kappa shape index (κ3) is 3.34. The normalized spacial score (nSPS) is 40.9. The van der Waals surface area contributed by atoms with E-state index in [0.717, 1.165) is 32.1 Å². The molecular weight excluding hydrogens is 452 g/mol. The van der Waals surface area contributed by atoms with E-state index in [4.69, 9.17) is 9.47 Å². The fourth-order valence-electron chi connectivity index (χ4n) is 8.18. The maximum absolute atomic E-state index is 13.6. The van der Waals surface area contributed by atoms with E-state index in [2.05, 4.69) is 13.5 Å². The van der Waals surface area contributed by atoms with Crippen LogP contribution in [0.15, 0.2) is 29.7 Å². The molecule has 1 aromatic heterocycles. The van der Waals surface area contributed by atoms with E-state index in [0.29, 0.717) is 23.3 Å². The van der Waals surface area contributed by atoms with Crippen LogP contribution in [0.3, 0.4) is 0 Å². The van der Waals surface area contributed by atoms with Crippen molar-refractivity contribution < 1.29 is 29.0 Å². The first-order valence-corrected chi connectivity index (χ1v) is 13.3. The number of fused-ring (bicyclic) bond motifs is 3. The number of thiophene rings is 1. The summed E-state index contributed by atoms with van der Waals surface area (Å²) in [5.74, 6) is -0.619. The van der Waals surface area contributed by atoms with Gasteiger partial charge in [-0.15, -0.1) is 11.3 Å². The van der Waals surface area contributed by atoms with E-state index < -0.39 is 16.9 Å². The zero-order valence-electron chi connectivity index (χ0n) is 20.0. The highest BCUT2D eigenvalue weighted by atomic mass is 32.1. The van der Waals surface area contributed by atoms with Crippen molar-refractivity contribution in [3.63, 3.8) is 0 Å². The highest BCUT2D eigenvalue weighted by molar-refractivity contribution is 7.11. The molecule has 1 aromatic rings. The molecule has 2 bridgehead atoms. The smallest absolute Gasteiger partial charge is 0.348 e. The van der Waals surface area contributed by atoms with Gasteiger partial charge in [0.1, 0.15) is 4.88 Å². The lowest BCUT2D eigenvalue weighted by molar-refractivity contribution is -0.236. The number of carbonyl (C=O) groups is 3. The molecule has 0 radical (unpaired) electrons. The van der Waals surface area contributed by atoms with Gasteiger partial charge < -0.3 is 14.6 Å². The van der Waals surface area contributed by atoms with Crippen molar-refractivity contribution in [2.75, 3.05) is 13.2 Å². The van der Waals surface area contributed by atoms with Gasteiger partial charge in [0, 0.05) is 17.8 Å². The van der Waals surface area contributed by atoms with Crippen LogP contribution in [0.1, 0.15) is 68.5 Å². The monoisotopic (exact) mass is 486 g/mol. The molecular formula is C27H34O6S. The van der Waals surface area contributed by atoms with Crippen LogP contribution in [0.4, 0.5) is 0 Å². The second-order valence-corrected chi connectivity index (χ2v) is 12.2. The molecule has 5 fully saturated rings. The molecule has 0 amide bonds. The molecule has 7 heteroatoms. The van der Waals surface area contributed by atoms with Gasteiger partial charge in [0.25, 0.3) is 0 Å². The van der Waals surface area contributed by atoms with Crippen LogP contribution < -0.4 is 0 Å². The summed E-state index contributed by atoms with van der Waals surface area (Å²) < 4.78 is 11.5. The van der Waals surface area contributed by atoms with Gasteiger partial charge in [-0.25, -0.2) is 4.79 Å². The predicted octanol–water partition coefficient (Wildman–Crippen LogP) is 4.57. The summed E-state index contributed by atoms with van der Waals surface area (Å²) >= 11 is 1.36. The molecule has 0 saturated heterocycles. The largest absolute Gasteiger partial charge is 0.465 e. The first kappa shape index (κ1) is 23.7. The van der Waals surface area contributed by atoms with Gasteiger partial charge in [0.15, 0.2) is 5.78 Å². The van der Waals surface area contributed by atoms with E-state index >= 15 is 0 Å². The van der Waals surface area contributed by atoms with Gasteiger partial charge in [0.2, 0.25) is 0 Å². The second-order valence-electron chi connectivity index (χ2n) is 11.3. The Morgan fingerprint density at radius 2 is 1.97 bits per heavy atom. The van der Waals surface area contributed by atoms with Gasteiger partial charge in [-0.05, 0) is 73.3 Å². The molecule has 7 unspecified atom stereocenters. The van der Waals surface area contributed by atoms with Gasteiger partial charge in [-0.3, -0.25) is 9.59 Å². The molecule has 6 rings (SSSR count). The molecule has 5 saturated carbocycles. The fourth-order valence-corrected chi connectivity index (χ4v) is 8.80. The van der Waals surface area contributed by atoms with Crippen LogP contribution in [-0.2, 0) is 19.1 Å². The Labute approximate surface area is 204 Å². The molecule has 6 nitrogen and oxygen atoms in total. The Kier molecular flexibility index (Phi) is 5.79. The average molecular weight is 487 g/mol. The Balaban J connectivity index is 1.51. The van der Waals surface area contributed by atoms with Crippen molar-refractivity contribution in [2.24, 2.45) is 34.0 Å². The van der Waals surface area contributed by atoms with Crippen molar-refractivity contribution in [3.05, 3.63) is 34.5 Å². The summed E-state index contributed by atoms with van der Waals surface area (Å²) in [6, 6.07) is 3.58. The lowest BCUT2D eigenvalue weighted by atomic mass is 9.35. The minimum absolute atomic E-state index is 0.0181. The number of hydrogen-bond acceptors (Lipinski definition) is 7. The summed E-state index contributed by atoms with van der Waals surface area (Å²) in [7, 11) is 0. The average Bonchev–Trinajstić information content (AvgIpc) is 3.36. The Morgan fingerprint density at radius 3 is 2.68 bits per heavy atom. The molecule has 1 heterocycles. The molecule has 7 atom stereocenters. The van der Waals surface area contributed by atoms with Crippen LogP contribution in [0.25, 0.3) is 0 Å². The van der Waals surface area contributed by atoms with Crippen molar-refractivity contribution in [3.8, 4) is 0 Å². The first-order chi connectivity index (χ1) is 16.1. The number of hydrogen-bond donors (Lipinski definition) is 1. The third-order valence-electron chi connectivity index (χ3n) is 9.73. The highest BCUT2D eigenvalue weighted by Gasteiger charge is 2.71. The molecule has 5 aliphatic carbocycles. The number of esters is 2. The lowest BCUT2D eigenvalue weighted by Gasteiger charge is -2.68. The Bertz CT molecular complexity index is 1020. The van der Waals surface area contributed by atoms with Crippen LogP contribution in [0, 0.1) is 34.0 Å². The number of aliphatic hydroxyl groups excluding tert-OH is 1. The highest BCUT2D eigenvalue weighted by Crippen LogP contribution is 2.71. The summed E-state index contributed by atoms with van der Waals surface area (Å²) in [5, 5.41) is 13.4. The fraction of sp³-hybridized carbons (Fsp3) is 0.667. The lowest BCUT2D eigenvalue weighted by Crippen LogP contribution is -2.70. The van der Waals surface area contributed by atoms with Crippen molar-refractivity contribution in [2.45, 2.75) is 64.9 Å².